The van der Waals surface area contributed by atoms with Crippen LogP contribution < -0.4 is 14.9 Å². The fourth-order valence-corrected chi connectivity index (χ4v) is 3.82. The summed E-state index contributed by atoms with van der Waals surface area (Å²) in [5, 5.41) is 2.99. The molecule has 1 fully saturated rings. The number of nitrogens with zero attached hydrogens (tertiary/aromatic N) is 2. The number of nitrogens with one attached hydrogen (secondary N) is 2. The lowest BCUT2D eigenvalue weighted by molar-refractivity contribution is 0.0936. The van der Waals surface area contributed by atoms with E-state index in [1.54, 1.807) is 24.3 Å². The maximum Gasteiger partial charge on any atom is 0.251 e. The van der Waals surface area contributed by atoms with Crippen LogP contribution in [0.3, 0.4) is 0 Å². The lowest BCUT2D eigenvalue weighted by atomic mass is 10.1. The zero-order valence-corrected chi connectivity index (χ0v) is 16.9. The topological polar surface area (TPSA) is 81.8 Å². The summed E-state index contributed by atoms with van der Waals surface area (Å²) >= 11 is 0. The van der Waals surface area contributed by atoms with Crippen LogP contribution in [0.15, 0.2) is 54.6 Å². The Morgan fingerprint density at radius 1 is 1.07 bits per heavy atom. The highest BCUT2D eigenvalue weighted by atomic mass is 32.2. The molecule has 0 radical (unpaired) electrons. The van der Waals surface area contributed by atoms with Gasteiger partial charge in [0.1, 0.15) is 0 Å². The monoisotopic (exact) mass is 402 g/mol. The van der Waals surface area contributed by atoms with E-state index in [2.05, 4.69) is 39.0 Å². The SMILES string of the molecule is CN1CCN(c2ccccc2)CC1CNC(=O)c1ccc(NS(C)(=O)=O)cc1. The molecule has 1 unspecified atom stereocenters. The minimum absolute atomic E-state index is 0.170. The van der Waals surface area contributed by atoms with E-state index in [0.29, 0.717) is 17.8 Å². The number of carbonyl (C=O) groups is 1. The van der Waals surface area contributed by atoms with Crippen molar-refractivity contribution in [1.29, 1.82) is 0 Å². The van der Waals surface area contributed by atoms with Crippen molar-refractivity contribution in [2.45, 2.75) is 6.04 Å². The van der Waals surface area contributed by atoms with E-state index in [9.17, 15) is 13.2 Å². The number of para-hydroxylation sites is 1. The number of amides is 1. The lowest BCUT2D eigenvalue weighted by Crippen LogP contribution is -2.55. The quantitative estimate of drug-likeness (QED) is 0.767. The Morgan fingerprint density at radius 2 is 1.75 bits per heavy atom. The highest BCUT2D eigenvalue weighted by Crippen LogP contribution is 2.18. The van der Waals surface area contributed by atoms with Crippen LogP contribution >= 0.6 is 0 Å². The van der Waals surface area contributed by atoms with Gasteiger partial charge in [0.05, 0.1) is 6.26 Å². The smallest absolute Gasteiger partial charge is 0.251 e. The van der Waals surface area contributed by atoms with Crippen molar-refractivity contribution in [2.24, 2.45) is 0 Å². The summed E-state index contributed by atoms with van der Waals surface area (Å²) in [6.45, 7) is 3.28. The Bertz CT molecular complexity index is 901. The fourth-order valence-electron chi connectivity index (χ4n) is 3.26. The van der Waals surface area contributed by atoms with Gasteiger partial charge in [0.25, 0.3) is 5.91 Å². The predicted octanol–water partition coefficient (Wildman–Crippen LogP) is 1.61. The van der Waals surface area contributed by atoms with Gasteiger partial charge in [-0.3, -0.25) is 14.4 Å². The molecule has 0 saturated carbocycles. The van der Waals surface area contributed by atoms with Gasteiger partial charge in [-0.1, -0.05) is 18.2 Å². The van der Waals surface area contributed by atoms with Crippen LogP contribution in [0.25, 0.3) is 0 Å². The maximum absolute atomic E-state index is 12.5. The summed E-state index contributed by atoms with van der Waals surface area (Å²) in [6.07, 6.45) is 1.09. The fraction of sp³-hybridized carbons (Fsp3) is 0.350. The Morgan fingerprint density at radius 3 is 2.39 bits per heavy atom. The Balaban J connectivity index is 1.57. The Kier molecular flexibility index (Phi) is 6.21. The first-order chi connectivity index (χ1) is 13.3. The highest BCUT2D eigenvalue weighted by Gasteiger charge is 2.25. The molecule has 0 spiro atoms. The molecule has 0 aliphatic carbocycles. The second-order valence-electron chi connectivity index (χ2n) is 7.08. The van der Waals surface area contributed by atoms with Crippen LogP contribution in [-0.4, -0.2) is 64.7 Å². The zero-order chi connectivity index (χ0) is 20.1. The number of benzene rings is 2. The molecule has 7 nitrogen and oxygen atoms in total. The van der Waals surface area contributed by atoms with Crippen molar-refractivity contribution in [3.8, 4) is 0 Å². The van der Waals surface area contributed by atoms with Crippen molar-refractivity contribution < 1.29 is 13.2 Å². The first-order valence-electron chi connectivity index (χ1n) is 9.18. The molecule has 1 heterocycles. The summed E-state index contributed by atoms with van der Waals surface area (Å²) in [6, 6.07) is 16.9. The third kappa shape index (κ3) is 5.46. The summed E-state index contributed by atoms with van der Waals surface area (Å²) in [5.41, 5.74) is 2.13. The van der Waals surface area contributed by atoms with Gasteiger partial charge in [-0.25, -0.2) is 8.42 Å². The zero-order valence-electron chi connectivity index (χ0n) is 16.1. The van der Waals surface area contributed by atoms with Crippen LogP contribution in [0.5, 0.6) is 0 Å². The molecule has 2 aromatic rings. The van der Waals surface area contributed by atoms with Crippen molar-refractivity contribution in [1.82, 2.24) is 10.2 Å². The van der Waals surface area contributed by atoms with E-state index >= 15 is 0 Å². The molecule has 1 aliphatic rings. The van der Waals surface area contributed by atoms with Crippen molar-refractivity contribution in [2.75, 3.05) is 49.1 Å². The van der Waals surface area contributed by atoms with Gasteiger partial charge in [0.15, 0.2) is 0 Å². The lowest BCUT2D eigenvalue weighted by Gasteiger charge is -2.40. The van der Waals surface area contributed by atoms with Crippen LogP contribution in [0.1, 0.15) is 10.4 Å². The molecular formula is C20H26N4O3S. The second kappa shape index (κ2) is 8.62. The number of piperazine rings is 1. The largest absolute Gasteiger partial charge is 0.369 e. The number of carbonyl (C=O) groups excluding carboxylic acids is 1. The molecule has 0 aromatic heterocycles. The number of sulfonamides is 1. The summed E-state index contributed by atoms with van der Waals surface area (Å²) in [4.78, 5) is 17.1. The normalized spacial score (nSPS) is 17.9. The predicted molar refractivity (Wildman–Crippen MR) is 112 cm³/mol. The maximum atomic E-state index is 12.5. The minimum atomic E-state index is -3.33. The molecule has 2 N–H and O–H groups in total. The summed E-state index contributed by atoms with van der Waals surface area (Å²) < 4.78 is 24.9. The van der Waals surface area contributed by atoms with E-state index in [4.69, 9.17) is 0 Å². The van der Waals surface area contributed by atoms with E-state index in [1.165, 1.54) is 5.69 Å². The highest BCUT2D eigenvalue weighted by molar-refractivity contribution is 7.92. The van der Waals surface area contributed by atoms with Gasteiger partial charge in [-0.2, -0.15) is 0 Å². The number of hydrogen-bond acceptors (Lipinski definition) is 5. The van der Waals surface area contributed by atoms with Gasteiger partial charge in [-0.15, -0.1) is 0 Å². The number of rotatable bonds is 6. The van der Waals surface area contributed by atoms with E-state index in [-0.39, 0.29) is 11.9 Å². The van der Waals surface area contributed by atoms with Gasteiger partial charge in [-0.05, 0) is 43.4 Å². The standard InChI is InChI=1S/C20H26N4O3S/c1-23-12-13-24(18-6-4-3-5-7-18)15-19(23)14-21-20(25)16-8-10-17(11-9-16)22-28(2,26)27/h3-11,19,22H,12-15H2,1-2H3,(H,21,25). The third-order valence-corrected chi connectivity index (χ3v) is 5.45. The minimum Gasteiger partial charge on any atom is -0.369 e. The third-order valence-electron chi connectivity index (χ3n) is 4.85. The number of likely N-dealkylation sites (N-methyl/N-ethyl adjacent to an activating group) is 1. The van der Waals surface area contributed by atoms with E-state index in [0.717, 1.165) is 25.9 Å². The van der Waals surface area contributed by atoms with Gasteiger partial charge < -0.3 is 10.2 Å². The molecule has 1 saturated heterocycles. The Hall–Kier alpha value is -2.58. The summed E-state index contributed by atoms with van der Waals surface area (Å²) in [7, 11) is -1.26. The van der Waals surface area contributed by atoms with Crippen molar-refractivity contribution >= 4 is 27.3 Å². The molecule has 8 heteroatoms. The van der Waals surface area contributed by atoms with Crippen LogP contribution in [0, 0.1) is 0 Å². The molecule has 28 heavy (non-hydrogen) atoms. The van der Waals surface area contributed by atoms with Crippen molar-refractivity contribution in [3.63, 3.8) is 0 Å². The van der Waals surface area contributed by atoms with E-state index < -0.39 is 10.0 Å². The summed E-state index contributed by atoms with van der Waals surface area (Å²) in [5.74, 6) is -0.170. The van der Waals surface area contributed by atoms with Gasteiger partial charge in [0, 0.05) is 49.2 Å². The molecule has 1 aliphatic heterocycles. The van der Waals surface area contributed by atoms with Gasteiger partial charge in [0.2, 0.25) is 10.0 Å². The van der Waals surface area contributed by atoms with Crippen molar-refractivity contribution in [3.05, 3.63) is 60.2 Å². The number of hydrogen-bond donors (Lipinski definition) is 2. The Labute approximate surface area is 166 Å². The molecular weight excluding hydrogens is 376 g/mol. The van der Waals surface area contributed by atoms with Crippen LogP contribution in [-0.2, 0) is 10.0 Å². The average molecular weight is 403 g/mol. The average Bonchev–Trinajstić information content (AvgIpc) is 2.67. The number of anilines is 2. The molecule has 0 bridgehead atoms. The molecule has 3 rings (SSSR count). The molecule has 1 atom stereocenters. The molecule has 2 aromatic carbocycles. The van der Waals surface area contributed by atoms with Gasteiger partial charge >= 0.3 is 0 Å². The van der Waals surface area contributed by atoms with Crippen LogP contribution in [0.2, 0.25) is 0 Å². The first kappa shape index (κ1) is 20.2. The van der Waals surface area contributed by atoms with Crippen LogP contribution in [0.4, 0.5) is 11.4 Å². The van der Waals surface area contributed by atoms with E-state index in [1.807, 2.05) is 18.2 Å². The second-order valence-corrected chi connectivity index (χ2v) is 8.83. The first-order valence-corrected chi connectivity index (χ1v) is 11.1. The molecule has 150 valence electrons. The molecule has 1 amide bonds.